The number of fused-ring (bicyclic) bond motifs is 1. The van der Waals surface area contributed by atoms with Crippen molar-refractivity contribution < 1.29 is 19.1 Å². The number of carbonyl (C=O) groups is 2. The number of rotatable bonds is 6. The molecule has 0 bridgehead atoms. The first-order valence-electron chi connectivity index (χ1n) is 9.80. The van der Waals surface area contributed by atoms with Gasteiger partial charge in [-0.1, -0.05) is 42.5 Å². The van der Waals surface area contributed by atoms with Crippen molar-refractivity contribution in [3.63, 3.8) is 0 Å². The van der Waals surface area contributed by atoms with Crippen LogP contribution in [-0.4, -0.2) is 31.1 Å². The molecule has 1 heterocycles. The minimum Gasteiger partial charge on any atom is -0.485 e. The highest BCUT2D eigenvalue weighted by molar-refractivity contribution is 5.97. The molecule has 4 rings (SSSR count). The Morgan fingerprint density at radius 3 is 2.33 bits per heavy atom. The van der Waals surface area contributed by atoms with Crippen LogP contribution in [0, 0.1) is 0 Å². The van der Waals surface area contributed by atoms with Crippen LogP contribution in [0.2, 0.25) is 0 Å². The quantitative estimate of drug-likeness (QED) is 0.662. The van der Waals surface area contributed by atoms with Crippen molar-refractivity contribution in [1.82, 2.24) is 5.32 Å². The average Bonchev–Trinajstić information content (AvgIpc) is 2.80. The maximum absolute atomic E-state index is 12.5. The van der Waals surface area contributed by atoms with Crippen LogP contribution >= 0.6 is 0 Å². The molecular weight excluding hydrogens is 380 g/mol. The summed E-state index contributed by atoms with van der Waals surface area (Å²) in [5, 5.41) is 5.70. The number of anilines is 1. The van der Waals surface area contributed by atoms with Crippen LogP contribution in [0.3, 0.4) is 0 Å². The summed E-state index contributed by atoms with van der Waals surface area (Å²) >= 11 is 0. The Morgan fingerprint density at radius 2 is 1.57 bits per heavy atom. The van der Waals surface area contributed by atoms with E-state index in [-0.39, 0.29) is 18.4 Å². The third kappa shape index (κ3) is 4.78. The second-order valence-corrected chi connectivity index (χ2v) is 6.92. The smallest absolute Gasteiger partial charge is 0.269 e. The Balaban J connectivity index is 1.28. The molecule has 0 fully saturated rings. The van der Waals surface area contributed by atoms with Crippen LogP contribution in [0.4, 0.5) is 5.69 Å². The highest BCUT2D eigenvalue weighted by atomic mass is 16.6. The van der Waals surface area contributed by atoms with Crippen molar-refractivity contribution in [1.29, 1.82) is 0 Å². The molecule has 3 aromatic carbocycles. The van der Waals surface area contributed by atoms with Crippen LogP contribution in [0.25, 0.3) is 0 Å². The van der Waals surface area contributed by atoms with E-state index < -0.39 is 6.10 Å². The summed E-state index contributed by atoms with van der Waals surface area (Å²) < 4.78 is 11.3. The van der Waals surface area contributed by atoms with E-state index >= 15 is 0 Å². The molecule has 0 saturated carbocycles. The topological polar surface area (TPSA) is 76.7 Å². The van der Waals surface area contributed by atoms with Crippen LogP contribution in [0.15, 0.2) is 78.9 Å². The van der Waals surface area contributed by atoms with Gasteiger partial charge in [0.1, 0.15) is 6.61 Å². The van der Waals surface area contributed by atoms with Gasteiger partial charge in [0, 0.05) is 17.8 Å². The Labute approximate surface area is 174 Å². The fourth-order valence-electron chi connectivity index (χ4n) is 3.14. The van der Waals surface area contributed by atoms with Gasteiger partial charge in [0.25, 0.3) is 11.8 Å². The first-order valence-corrected chi connectivity index (χ1v) is 9.80. The number of benzene rings is 3. The van der Waals surface area contributed by atoms with E-state index in [0.29, 0.717) is 29.3 Å². The highest BCUT2D eigenvalue weighted by Gasteiger charge is 2.27. The number of hydrogen-bond donors (Lipinski definition) is 2. The molecule has 1 atom stereocenters. The predicted molar refractivity (Wildman–Crippen MR) is 114 cm³/mol. The summed E-state index contributed by atoms with van der Waals surface area (Å²) in [6, 6.07) is 24.0. The largest absolute Gasteiger partial charge is 0.485 e. The fraction of sp³-hybridized carbons (Fsp3) is 0.167. The number of amides is 2. The zero-order valence-electron chi connectivity index (χ0n) is 16.3. The molecule has 0 unspecified atom stereocenters. The number of hydrogen-bond acceptors (Lipinski definition) is 4. The maximum Gasteiger partial charge on any atom is 0.269 e. The van der Waals surface area contributed by atoms with E-state index in [0.717, 1.165) is 6.42 Å². The van der Waals surface area contributed by atoms with Gasteiger partial charge in [-0.3, -0.25) is 9.59 Å². The maximum atomic E-state index is 12.5. The molecule has 1 aliphatic rings. The Morgan fingerprint density at radius 1 is 0.867 bits per heavy atom. The molecule has 30 heavy (non-hydrogen) atoms. The van der Waals surface area contributed by atoms with Gasteiger partial charge in [-0.05, 0) is 48.4 Å². The van der Waals surface area contributed by atoms with Crippen molar-refractivity contribution >= 4 is 17.5 Å². The minimum atomic E-state index is -0.735. The molecular formula is C24H22N2O4. The molecule has 2 N–H and O–H groups in total. The van der Waals surface area contributed by atoms with Crippen molar-refractivity contribution in [3.05, 3.63) is 90.0 Å². The molecule has 0 spiro atoms. The summed E-state index contributed by atoms with van der Waals surface area (Å²) in [6.07, 6.45) is 0.0358. The van der Waals surface area contributed by atoms with Crippen LogP contribution in [-0.2, 0) is 11.2 Å². The van der Waals surface area contributed by atoms with Crippen molar-refractivity contribution in [3.8, 4) is 11.5 Å². The van der Waals surface area contributed by atoms with E-state index in [4.69, 9.17) is 9.47 Å². The average molecular weight is 402 g/mol. The standard InChI is InChI=1S/C24H22N2O4/c27-23(25-15-14-17-6-2-1-3-7-17)18-10-12-19(13-11-18)26-24(28)22-16-29-20-8-4-5-9-21(20)30-22/h1-13,22H,14-16H2,(H,25,27)(H,26,28)/t22-/m0/s1. The van der Waals surface area contributed by atoms with Gasteiger partial charge in [0.15, 0.2) is 11.5 Å². The Hall–Kier alpha value is -3.80. The van der Waals surface area contributed by atoms with E-state index in [2.05, 4.69) is 10.6 Å². The zero-order valence-corrected chi connectivity index (χ0v) is 16.3. The van der Waals surface area contributed by atoms with Crippen molar-refractivity contribution in [2.45, 2.75) is 12.5 Å². The SMILES string of the molecule is O=C(NCCc1ccccc1)c1ccc(NC(=O)[C@@H]2COc3ccccc3O2)cc1. The second-order valence-electron chi connectivity index (χ2n) is 6.92. The van der Waals surface area contributed by atoms with Gasteiger partial charge >= 0.3 is 0 Å². The van der Waals surface area contributed by atoms with Crippen LogP contribution in [0.5, 0.6) is 11.5 Å². The second kappa shape index (κ2) is 9.13. The first kappa shape index (κ1) is 19.5. The number of carbonyl (C=O) groups excluding carboxylic acids is 2. The number of para-hydroxylation sites is 2. The molecule has 0 aromatic heterocycles. The van der Waals surface area contributed by atoms with Gasteiger partial charge in [-0.15, -0.1) is 0 Å². The normalized spacial score (nSPS) is 14.6. The fourth-order valence-corrected chi connectivity index (χ4v) is 3.14. The number of nitrogens with one attached hydrogen (secondary N) is 2. The molecule has 0 saturated heterocycles. The van der Waals surface area contributed by atoms with Gasteiger partial charge in [0.2, 0.25) is 6.10 Å². The molecule has 3 aromatic rings. The molecule has 2 amide bonds. The zero-order chi connectivity index (χ0) is 20.8. The third-order valence-electron chi connectivity index (χ3n) is 4.76. The summed E-state index contributed by atoms with van der Waals surface area (Å²) in [5.74, 6) is 0.726. The summed E-state index contributed by atoms with van der Waals surface area (Å²) in [6.45, 7) is 0.701. The van der Waals surface area contributed by atoms with Gasteiger partial charge in [-0.25, -0.2) is 0 Å². The molecule has 6 nitrogen and oxygen atoms in total. The summed E-state index contributed by atoms with van der Waals surface area (Å²) in [4.78, 5) is 24.8. The highest BCUT2D eigenvalue weighted by Crippen LogP contribution is 2.31. The lowest BCUT2D eigenvalue weighted by Gasteiger charge is -2.25. The molecule has 6 heteroatoms. The summed E-state index contributed by atoms with van der Waals surface area (Å²) in [5.41, 5.74) is 2.29. The molecule has 0 radical (unpaired) electrons. The lowest BCUT2D eigenvalue weighted by atomic mass is 10.1. The Bertz CT molecular complexity index is 1020. The van der Waals surface area contributed by atoms with Crippen molar-refractivity contribution in [2.75, 3.05) is 18.5 Å². The molecule has 1 aliphatic heterocycles. The van der Waals surface area contributed by atoms with Crippen LogP contribution < -0.4 is 20.1 Å². The molecule has 0 aliphatic carbocycles. The lowest BCUT2D eigenvalue weighted by molar-refractivity contribution is -0.125. The predicted octanol–water partition coefficient (Wildman–Crippen LogP) is 3.44. The van der Waals surface area contributed by atoms with Gasteiger partial charge < -0.3 is 20.1 Å². The van der Waals surface area contributed by atoms with E-state index in [1.165, 1.54) is 5.56 Å². The van der Waals surface area contributed by atoms with Gasteiger partial charge in [-0.2, -0.15) is 0 Å². The Kier molecular flexibility index (Phi) is 5.94. The van der Waals surface area contributed by atoms with Crippen LogP contribution in [0.1, 0.15) is 15.9 Å². The van der Waals surface area contributed by atoms with Crippen molar-refractivity contribution in [2.24, 2.45) is 0 Å². The molecule has 152 valence electrons. The minimum absolute atomic E-state index is 0.144. The van der Waals surface area contributed by atoms with Gasteiger partial charge in [0.05, 0.1) is 0 Å². The first-order chi connectivity index (χ1) is 14.7. The third-order valence-corrected chi connectivity index (χ3v) is 4.76. The van der Waals surface area contributed by atoms with E-state index in [1.807, 2.05) is 42.5 Å². The monoisotopic (exact) mass is 402 g/mol. The van der Waals surface area contributed by atoms with E-state index in [1.54, 1.807) is 36.4 Å². The van der Waals surface area contributed by atoms with E-state index in [9.17, 15) is 9.59 Å². The summed E-state index contributed by atoms with van der Waals surface area (Å²) in [7, 11) is 0. The lowest BCUT2D eigenvalue weighted by Crippen LogP contribution is -2.40. The number of ether oxygens (including phenoxy) is 2.